The molecule has 0 bridgehead atoms. The van der Waals surface area contributed by atoms with Gasteiger partial charge in [0, 0.05) is 0 Å². The molecule has 13 heavy (non-hydrogen) atoms. The first-order valence-corrected chi connectivity index (χ1v) is 7.12. The molecule has 0 N–H and O–H groups in total. The highest BCUT2D eigenvalue weighted by Crippen LogP contribution is 2.15. The van der Waals surface area contributed by atoms with Crippen LogP contribution in [0.2, 0.25) is 6.04 Å². The van der Waals surface area contributed by atoms with E-state index in [4.69, 9.17) is 0 Å². The van der Waals surface area contributed by atoms with Crippen LogP contribution in [0.3, 0.4) is 0 Å². The Kier molecular flexibility index (Phi) is 9.88. The minimum absolute atomic E-state index is 0.753. The van der Waals surface area contributed by atoms with Crippen LogP contribution < -0.4 is 0 Å². The Morgan fingerprint density at radius 2 is 1.69 bits per heavy atom. The molecular formula is C11H23FSi. The second-order valence-electron chi connectivity index (χ2n) is 3.55. The summed E-state index contributed by atoms with van der Waals surface area (Å²) in [6.45, 7) is 4.42. The molecule has 78 valence electrons. The molecular weight excluding hydrogens is 179 g/mol. The van der Waals surface area contributed by atoms with Crippen molar-refractivity contribution in [3.8, 4) is 0 Å². The zero-order valence-corrected chi connectivity index (χ0v) is 10.5. The van der Waals surface area contributed by atoms with Gasteiger partial charge in [-0.1, -0.05) is 38.3 Å². The average Bonchev–Trinajstić information content (AvgIpc) is 2.17. The van der Waals surface area contributed by atoms with Crippen molar-refractivity contribution in [1.29, 1.82) is 0 Å². The van der Waals surface area contributed by atoms with E-state index in [2.05, 4.69) is 19.9 Å². The Labute approximate surface area is 84.6 Å². The average molecular weight is 202 g/mol. The molecule has 0 fully saturated rings. The summed E-state index contributed by atoms with van der Waals surface area (Å²) in [4.78, 5) is 0. The normalized spacial score (nSPS) is 11.0. The molecule has 0 saturated heterocycles. The van der Waals surface area contributed by atoms with Crippen LogP contribution in [0, 0.1) is 0 Å². The van der Waals surface area contributed by atoms with Crippen LogP contribution in [-0.4, -0.2) is 9.85 Å². The van der Waals surface area contributed by atoms with Gasteiger partial charge in [0.15, 0.2) is 0 Å². The van der Waals surface area contributed by atoms with Crippen LogP contribution in [0.4, 0.5) is 4.11 Å². The van der Waals surface area contributed by atoms with Crippen LogP contribution in [0.25, 0.3) is 0 Å². The van der Waals surface area contributed by atoms with Gasteiger partial charge < -0.3 is 4.11 Å². The van der Waals surface area contributed by atoms with E-state index >= 15 is 0 Å². The topological polar surface area (TPSA) is 0 Å². The minimum Gasteiger partial charge on any atom is -0.322 e. The number of allylic oxidation sites excluding steroid dienone is 2. The van der Waals surface area contributed by atoms with Crippen molar-refractivity contribution in [2.75, 3.05) is 0 Å². The Hall–Kier alpha value is -0.113. The van der Waals surface area contributed by atoms with E-state index in [0.29, 0.717) is 0 Å². The van der Waals surface area contributed by atoms with Crippen molar-refractivity contribution in [2.24, 2.45) is 0 Å². The van der Waals surface area contributed by atoms with Crippen molar-refractivity contribution in [1.82, 2.24) is 0 Å². The lowest BCUT2D eigenvalue weighted by molar-refractivity contribution is 0.711. The Morgan fingerprint density at radius 3 is 2.08 bits per heavy atom. The fourth-order valence-corrected chi connectivity index (χ4v) is 1.91. The van der Waals surface area contributed by atoms with Crippen LogP contribution in [-0.2, 0) is 0 Å². The second kappa shape index (κ2) is 9.97. The lowest BCUT2D eigenvalue weighted by atomic mass is 10.0. The first-order chi connectivity index (χ1) is 6.35. The van der Waals surface area contributed by atoms with Gasteiger partial charge in [-0.3, -0.25) is 0 Å². The van der Waals surface area contributed by atoms with Crippen LogP contribution in [0.5, 0.6) is 0 Å². The molecule has 0 nitrogen and oxygen atoms in total. The number of unbranched alkanes of at least 4 members (excludes halogenated alkanes) is 2. The maximum absolute atomic E-state index is 12.1. The molecule has 0 rings (SSSR count). The summed E-state index contributed by atoms with van der Waals surface area (Å²) in [5.41, 5.74) is 1.51. The van der Waals surface area contributed by atoms with Crippen molar-refractivity contribution in [3.63, 3.8) is 0 Å². The molecule has 0 aromatic heterocycles. The molecule has 0 spiro atoms. The smallest absolute Gasteiger partial charge is 0.220 e. The fraction of sp³-hybridized carbons (Fsp3) is 0.818. The zero-order chi connectivity index (χ0) is 9.94. The van der Waals surface area contributed by atoms with E-state index in [9.17, 15) is 4.11 Å². The summed E-state index contributed by atoms with van der Waals surface area (Å²) >= 11 is 0. The van der Waals surface area contributed by atoms with Gasteiger partial charge >= 0.3 is 0 Å². The monoisotopic (exact) mass is 202 g/mol. The highest BCUT2D eigenvalue weighted by atomic mass is 28.3. The number of rotatable bonds is 8. The predicted molar refractivity (Wildman–Crippen MR) is 61.6 cm³/mol. The lowest BCUT2D eigenvalue weighted by Gasteiger charge is -2.05. The maximum Gasteiger partial charge on any atom is 0.220 e. The van der Waals surface area contributed by atoms with E-state index in [1.54, 1.807) is 0 Å². The Morgan fingerprint density at radius 1 is 1.15 bits per heavy atom. The first-order valence-electron chi connectivity index (χ1n) is 5.59. The number of halogens is 1. The van der Waals surface area contributed by atoms with Crippen molar-refractivity contribution in [2.45, 2.75) is 58.4 Å². The lowest BCUT2D eigenvalue weighted by Crippen LogP contribution is -1.86. The van der Waals surface area contributed by atoms with Gasteiger partial charge in [0.2, 0.25) is 9.85 Å². The second-order valence-corrected chi connectivity index (χ2v) is 4.50. The third kappa shape index (κ3) is 8.22. The summed E-state index contributed by atoms with van der Waals surface area (Å²) in [6, 6.07) is 0.753. The van der Waals surface area contributed by atoms with Gasteiger partial charge in [0.05, 0.1) is 0 Å². The molecule has 0 aliphatic carbocycles. The highest BCUT2D eigenvalue weighted by molar-refractivity contribution is 6.26. The molecule has 0 heterocycles. The molecule has 0 amide bonds. The van der Waals surface area contributed by atoms with Crippen molar-refractivity contribution in [3.05, 3.63) is 11.6 Å². The summed E-state index contributed by atoms with van der Waals surface area (Å²) < 4.78 is 12.1. The van der Waals surface area contributed by atoms with E-state index < -0.39 is 9.85 Å². The largest absolute Gasteiger partial charge is 0.322 e. The fourth-order valence-electron chi connectivity index (χ4n) is 1.40. The summed E-state index contributed by atoms with van der Waals surface area (Å²) in [5.74, 6) is 0. The number of hydrogen-bond donors (Lipinski definition) is 0. The SMILES string of the molecule is CCCCC(=CC[SiH2]F)CCCC. The van der Waals surface area contributed by atoms with Crippen LogP contribution in [0.15, 0.2) is 11.6 Å². The van der Waals surface area contributed by atoms with E-state index in [1.807, 2.05) is 0 Å². The maximum atomic E-state index is 12.1. The van der Waals surface area contributed by atoms with Crippen molar-refractivity contribution >= 4 is 9.85 Å². The van der Waals surface area contributed by atoms with E-state index in [0.717, 1.165) is 6.04 Å². The molecule has 0 aliphatic rings. The minimum atomic E-state index is -1.25. The molecule has 0 radical (unpaired) electrons. The van der Waals surface area contributed by atoms with Crippen molar-refractivity contribution < 1.29 is 4.11 Å². The number of hydrogen-bond acceptors (Lipinski definition) is 0. The van der Waals surface area contributed by atoms with Gasteiger partial charge in [-0.05, 0) is 31.7 Å². The summed E-state index contributed by atoms with van der Waals surface area (Å²) in [6.07, 6.45) is 9.59. The highest BCUT2D eigenvalue weighted by Gasteiger charge is 1.96. The molecule has 0 aromatic carbocycles. The molecule has 0 unspecified atom stereocenters. The third-order valence-electron chi connectivity index (χ3n) is 2.25. The zero-order valence-electron chi connectivity index (χ0n) is 9.11. The Balaban J connectivity index is 3.72. The summed E-state index contributed by atoms with van der Waals surface area (Å²) in [7, 11) is -1.25. The summed E-state index contributed by atoms with van der Waals surface area (Å²) in [5, 5.41) is 0. The van der Waals surface area contributed by atoms with Gasteiger partial charge in [-0.25, -0.2) is 0 Å². The quantitative estimate of drug-likeness (QED) is 0.319. The molecule has 0 atom stereocenters. The van der Waals surface area contributed by atoms with Gasteiger partial charge in [-0.15, -0.1) is 0 Å². The van der Waals surface area contributed by atoms with Crippen LogP contribution >= 0.6 is 0 Å². The molecule has 0 aliphatic heterocycles. The third-order valence-corrected chi connectivity index (χ3v) is 2.75. The van der Waals surface area contributed by atoms with Gasteiger partial charge in [0.1, 0.15) is 0 Å². The molecule has 2 heteroatoms. The van der Waals surface area contributed by atoms with E-state index in [1.165, 1.54) is 44.1 Å². The van der Waals surface area contributed by atoms with Crippen LogP contribution in [0.1, 0.15) is 52.4 Å². The predicted octanol–water partition coefficient (Wildman–Crippen LogP) is 3.76. The molecule has 0 aromatic rings. The standard InChI is InChI=1S/C11H23FSi/c1-3-5-7-11(8-6-4-2)9-10-13-12/h9H,3-8,10,13H2,1-2H3. The van der Waals surface area contributed by atoms with E-state index in [-0.39, 0.29) is 0 Å². The van der Waals surface area contributed by atoms with Gasteiger partial charge in [0.25, 0.3) is 0 Å². The van der Waals surface area contributed by atoms with Gasteiger partial charge in [-0.2, -0.15) is 0 Å². The Bertz CT molecular complexity index is 122. The molecule has 0 saturated carbocycles. The first kappa shape index (κ1) is 12.9.